The number of carbonyl (C=O) groups excluding carboxylic acids is 1. The summed E-state index contributed by atoms with van der Waals surface area (Å²) < 4.78 is 5.33. The highest BCUT2D eigenvalue weighted by Crippen LogP contribution is 2.13. The summed E-state index contributed by atoms with van der Waals surface area (Å²) >= 11 is 0. The van der Waals surface area contributed by atoms with Crippen molar-refractivity contribution in [3.05, 3.63) is 35.9 Å². The summed E-state index contributed by atoms with van der Waals surface area (Å²) in [7, 11) is 0. The van der Waals surface area contributed by atoms with Crippen LogP contribution in [0.3, 0.4) is 0 Å². The lowest BCUT2D eigenvalue weighted by atomic mass is 10.2. The summed E-state index contributed by atoms with van der Waals surface area (Å²) in [5, 5.41) is 11.3. The molecule has 0 fully saturated rings. The van der Waals surface area contributed by atoms with E-state index in [0.29, 0.717) is 12.3 Å². The normalized spacial score (nSPS) is 10.4. The van der Waals surface area contributed by atoms with Gasteiger partial charge in [-0.25, -0.2) is 4.79 Å². The highest BCUT2D eigenvalue weighted by atomic mass is 16.5. The minimum Gasteiger partial charge on any atom is -0.484 e. The minimum atomic E-state index is -0.992. The second-order valence-corrected chi connectivity index (χ2v) is 4.23. The number of hydrogen-bond donors (Lipinski definition) is 2. The molecule has 1 rings (SSSR count). The van der Waals surface area contributed by atoms with Gasteiger partial charge in [-0.15, -0.1) is 0 Å². The van der Waals surface area contributed by atoms with E-state index in [1.807, 2.05) is 0 Å². The number of carboxylic acids is 1. The van der Waals surface area contributed by atoms with Crippen LogP contribution in [0.1, 0.15) is 25.3 Å². The second-order valence-electron chi connectivity index (χ2n) is 4.23. The molecule has 0 unspecified atom stereocenters. The standard InChI is InChI=1S/C15H19NO4/c1-2-3-10-16-14(17)11-20-13-7-4-12(5-8-13)6-9-15(18)19/h4-9H,2-3,10-11H2,1H3,(H,16,17)(H,18,19). The predicted octanol–water partition coefficient (Wildman–Crippen LogP) is 2.08. The number of hydrogen-bond acceptors (Lipinski definition) is 3. The van der Waals surface area contributed by atoms with Crippen molar-refractivity contribution in [1.29, 1.82) is 0 Å². The lowest BCUT2D eigenvalue weighted by Crippen LogP contribution is -2.29. The van der Waals surface area contributed by atoms with Crippen LogP contribution in [0, 0.1) is 0 Å². The number of unbranched alkanes of at least 4 members (excludes halogenated alkanes) is 1. The van der Waals surface area contributed by atoms with E-state index in [2.05, 4.69) is 12.2 Å². The number of aliphatic carboxylic acids is 1. The molecule has 0 spiro atoms. The van der Waals surface area contributed by atoms with Gasteiger partial charge in [-0.05, 0) is 30.2 Å². The molecule has 5 heteroatoms. The fourth-order valence-electron chi connectivity index (χ4n) is 1.45. The zero-order valence-corrected chi connectivity index (χ0v) is 11.5. The zero-order valence-electron chi connectivity index (χ0n) is 11.5. The van der Waals surface area contributed by atoms with Gasteiger partial charge in [0.05, 0.1) is 0 Å². The number of benzene rings is 1. The molecule has 0 radical (unpaired) electrons. The molecule has 0 bridgehead atoms. The molecule has 0 aliphatic rings. The summed E-state index contributed by atoms with van der Waals surface area (Å²) in [6.45, 7) is 2.70. The molecule has 2 N–H and O–H groups in total. The van der Waals surface area contributed by atoms with Crippen LogP contribution in [0.2, 0.25) is 0 Å². The molecule has 0 atom stereocenters. The molecule has 0 saturated heterocycles. The smallest absolute Gasteiger partial charge is 0.328 e. The van der Waals surface area contributed by atoms with E-state index >= 15 is 0 Å². The Morgan fingerprint density at radius 3 is 2.60 bits per heavy atom. The Morgan fingerprint density at radius 2 is 2.00 bits per heavy atom. The van der Waals surface area contributed by atoms with Crippen molar-refractivity contribution < 1.29 is 19.4 Å². The topological polar surface area (TPSA) is 75.6 Å². The number of amides is 1. The number of carboxylic acid groups (broad SMARTS) is 1. The first-order chi connectivity index (χ1) is 9.61. The summed E-state index contributed by atoms with van der Waals surface area (Å²) in [5.74, 6) is -0.564. The Labute approximate surface area is 118 Å². The maximum atomic E-state index is 11.4. The van der Waals surface area contributed by atoms with Gasteiger partial charge in [0.25, 0.3) is 5.91 Å². The first-order valence-corrected chi connectivity index (χ1v) is 6.52. The molecule has 0 saturated carbocycles. The summed E-state index contributed by atoms with van der Waals surface area (Å²) in [5.41, 5.74) is 0.757. The highest BCUT2D eigenvalue weighted by Gasteiger charge is 2.01. The molecule has 0 aromatic heterocycles. The molecule has 0 heterocycles. The van der Waals surface area contributed by atoms with Crippen LogP contribution in [-0.2, 0) is 9.59 Å². The number of ether oxygens (including phenoxy) is 1. The van der Waals surface area contributed by atoms with Crippen LogP contribution in [0.4, 0.5) is 0 Å². The Balaban J connectivity index is 2.38. The molecule has 0 aliphatic heterocycles. The van der Waals surface area contributed by atoms with Crippen LogP contribution >= 0.6 is 0 Å². The summed E-state index contributed by atoms with van der Waals surface area (Å²) in [6, 6.07) is 6.84. The van der Waals surface area contributed by atoms with Gasteiger partial charge in [-0.3, -0.25) is 4.79 Å². The Bertz CT molecular complexity index is 465. The monoisotopic (exact) mass is 277 g/mol. The van der Waals surface area contributed by atoms with E-state index in [-0.39, 0.29) is 12.5 Å². The molecule has 1 aromatic carbocycles. The van der Waals surface area contributed by atoms with Gasteiger partial charge in [-0.2, -0.15) is 0 Å². The van der Waals surface area contributed by atoms with E-state index < -0.39 is 5.97 Å². The predicted molar refractivity (Wildman–Crippen MR) is 76.5 cm³/mol. The SMILES string of the molecule is CCCCNC(=O)COc1ccc(C=CC(=O)O)cc1. The highest BCUT2D eigenvalue weighted by molar-refractivity contribution is 5.85. The maximum absolute atomic E-state index is 11.4. The van der Waals surface area contributed by atoms with Crippen LogP contribution in [-0.4, -0.2) is 30.1 Å². The van der Waals surface area contributed by atoms with E-state index in [4.69, 9.17) is 9.84 Å². The van der Waals surface area contributed by atoms with E-state index in [1.54, 1.807) is 24.3 Å². The van der Waals surface area contributed by atoms with E-state index in [1.165, 1.54) is 6.08 Å². The third kappa shape index (κ3) is 6.58. The lowest BCUT2D eigenvalue weighted by molar-refractivity contribution is -0.131. The summed E-state index contributed by atoms with van der Waals surface area (Å²) in [4.78, 5) is 21.8. The van der Waals surface area contributed by atoms with E-state index in [9.17, 15) is 9.59 Å². The lowest BCUT2D eigenvalue weighted by Gasteiger charge is -2.07. The molecule has 20 heavy (non-hydrogen) atoms. The molecular formula is C15H19NO4. The van der Waals surface area contributed by atoms with Crippen molar-refractivity contribution in [2.45, 2.75) is 19.8 Å². The number of rotatable bonds is 8. The molecule has 5 nitrogen and oxygen atoms in total. The Kier molecular flexibility index (Phi) is 6.89. The molecule has 108 valence electrons. The fraction of sp³-hybridized carbons (Fsp3) is 0.333. The molecule has 1 aromatic rings. The van der Waals surface area contributed by atoms with Gasteiger partial charge in [0.15, 0.2) is 6.61 Å². The molecule has 1 amide bonds. The van der Waals surface area contributed by atoms with E-state index in [0.717, 1.165) is 24.5 Å². The van der Waals surface area contributed by atoms with Crippen molar-refractivity contribution in [3.63, 3.8) is 0 Å². The fourth-order valence-corrected chi connectivity index (χ4v) is 1.45. The minimum absolute atomic E-state index is 0.0198. The van der Waals surface area contributed by atoms with Gasteiger partial charge >= 0.3 is 5.97 Å². The van der Waals surface area contributed by atoms with Crippen molar-refractivity contribution in [2.75, 3.05) is 13.2 Å². The zero-order chi connectivity index (χ0) is 14.8. The molecular weight excluding hydrogens is 258 g/mol. The van der Waals surface area contributed by atoms with Gasteiger partial charge in [0, 0.05) is 12.6 Å². The average molecular weight is 277 g/mol. The quantitative estimate of drug-likeness (QED) is 0.563. The van der Waals surface area contributed by atoms with Gasteiger partial charge < -0.3 is 15.2 Å². The van der Waals surface area contributed by atoms with Crippen molar-refractivity contribution >= 4 is 18.0 Å². The van der Waals surface area contributed by atoms with Gasteiger partial charge in [0.2, 0.25) is 0 Å². The van der Waals surface area contributed by atoms with Crippen LogP contribution in [0.15, 0.2) is 30.3 Å². The van der Waals surface area contributed by atoms with Crippen LogP contribution in [0.25, 0.3) is 6.08 Å². The summed E-state index contributed by atoms with van der Waals surface area (Å²) in [6.07, 6.45) is 4.55. The molecule has 0 aliphatic carbocycles. The van der Waals surface area contributed by atoms with Gasteiger partial charge in [-0.1, -0.05) is 25.5 Å². The van der Waals surface area contributed by atoms with Crippen molar-refractivity contribution in [3.8, 4) is 5.75 Å². The van der Waals surface area contributed by atoms with Crippen molar-refractivity contribution in [1.82, 2.24) is 5.32 Å². The number of carbonyl (C=O) groups is 2. The maximum Gasteiger partial charge on any atom is 0.328 e. The van der Waals surface area contributed by atoms with Crippen LogP contribution in [0.5, 0.6) is 5.75 Å². The Hall–Kier alpha value is -2.30. The Morgan fingerprint density at radius 1 is 1.30 bits per heavy atom. The third-order valence-electron chi connectivity index (χ3n) is 2.52. The van der Waals surface area contributed by atoms with Crippen molar-refractivity contribution in [2.24, 2.45) is 0 Å². The van der Waals surface area contributed by atoms with Crippen LogP contribution < -0.4 is 10.1 Å². The first kappa shape index (κ1) is 15.8. The third-order valence-corrected chi connectivity index (χ3v) is 2.52. The number of nitrogens with one attached hydrogen (secondary N) is 1. The largest absolute Gasteiger partial charge is 0.484 e. The average Bonchev–Trinajstić information content (AvgIpc) is 2.44. The first-order valence-electron chi connectivity index (χ1n) is 6.52. The van der Waals surface area contributed by atoms with Gasteiger partial charge in [0.1, 0.15) is 5.75 Å². The second kappa shape index (κ2) is 8.74.